The monoisotopic (exact) mass is 821 g/mol. The number of carbonyl (C=O) groups excluding carboxylic acids is 3. The van der Waals surface area contributed by atoms with E-state index in [0.29, 0.717) is 19.3 Å². The molecule has 58 heavy (non-hydrogen) atoms. The van der Waals surface area contributed by atoms with Gasteiger partial charge in [-0.3, -0.25) is 14.4 Å². The standard InChI is InChI=1S/C52H100O6/c1-6-9-10-11-12-13-14-20-24-27-34-39-44-52(55)58-49(46-57-51(54)43-38-33-29-28-31-36-41-48(5)8-3)45-56-50(53)42-37-32-26-23-21-18-16-15-17-19-22-25-30-35-40-47(4)7-2/h47-49H,6-46H2,1-5H3/t47?,48?,49-/m0/s1. The van der Waals surface area contributed by atoms with E-state index in [1.165, 1.54) is 173 Å². The van der Waals surface area contributed by atoms with Gasteiger partial charge in [0, 0.05) is 19.3 Å². The molecule has 0 saturated heterocycles. The third-order valence-electron chi connectivity index (χ3n) is 12.4. The van der Waals surface area contributed by atoms with E-state index in [4.69, 9.17) is 14.2 Å². The fraction of sp³-hybridized carbons (Fsp3) is 0.942. The van der Waals surface area contributed by atoms with Gasteiger partial charge in [-0.15, -0.1) is 0 Å². The maximum Gasteiger partial charge on any atom is 0.306 e. The summed E-state index contributed by atoms with van der Waals surface area (Å²) in [7, 11) is 0. The summed E-state index contributed by atoms with van der Waals surface area (Å²) in [6.07, 6.45) is 45.1. The van der Waals surface area contributed by atoms with Gasteiger partial charge in [0.2, 0.25) is 0 Å². The molecule has 0 fully saturated rings. The van der Waals surface area contributed by atoms with Crippen molar-refractivity contribution in [2.45, 2.75) is 291 Å². The lowest BCUT2D eigenvalue weighted by atomic mass is 9.99. The van der Waals surface area contributed by atoms with Crippen molar-refractivity contribution in [1.82, 2.24) is 0 Å². The first kappa shape index (κ1) is 56.4. The number of rotatable bonds is 46. The smallest absolute Gasteiger partial charge is 0.306 e. The largest absolute Gasteiger partial charge is 0.462 e. The van der Waals surface area contributed by atoms with E-state index < -0.39 is 6.10 Å². The van der Waals surface area contributed by atoms with Crippen LogP contribution in [0.15, 0.2) is 0 Å². The van der Waals surface area contributed by atoms with Gasteiger partial charge in [-0.05, 0) is 31.1 Å². The first-order chi connectivity index (χ1) is 28.3. The Balaban J connectivity index is 4.27. The third-order valence-corrected chi connectivity index (χ3v) is 12.4. The molecule has 6 heteroatoms. The zero-order valence-electron chi connectivity index (χ0n) is 39.7. The number of hydrogen-bond donors (Lipinski definition) is 0. The highest BCUT2D eigenvalue weighted by atomic mass is 16.6. The minimum atomic E-state index is -0.761. The van der Waals surface area contributed by atoms with Gasteiger partial charge in [-0.25, -0.2) is 0 Å². The van der Waals surface area contributed by atoms with Gasteiger partial charge in [-0.1, -0.05) is 247 Å². The highest BCUT2D eigenvalue weighted by molar-refractivity contribution is 5.71. The normalized spacial score (nSPS) is 13.0. The number of carbonyl (C=O) groups is 3. The Bertz CT molecular complexity index is 889. The van der Waals surface area contributed by atoms with Crippen molar-refractivity contribution in [3.8, 4) is 0 Å². The average Bonchev–Trinajstić information content (AvgIpc) is 3.22. The second-order valence-electron chi connectivity index (χ2n) is 18.3. The number of esters is 3. The molecular formula is C52H100O6. The fourth-order valence-corrected chi connectivity index (χ4v) is 7.75. The lowest BCUT2D eigenvalue weighted by molar-refractivity contribution is -0.167. The fourth-order valence-electron chi connectivity index (χ4n) is 7.75. The highest BCUT2D eigenvalue weighted by Gasteiger charge is 2.19. The van der Waals surface area contributed by atoms with Crippen molar-refractivity contribution in [2.75, 3.05) is 13.2 Å². The summed E-state index contributed by atoms with van der Waals surface area (Å²) in [5, 5.41) is 0. The summed E-state index contributed by atoms with van der Waals surface area (Å²) in [5.41, 5.74) is 0. The van der Waals surface area contributed by atoms with Crippen molar-refractivity contribution in [3.63, 3.8) is 0 Å². The van der Waals surface area contributed by atoms with Crippen LogP contribution in [-0.4, -0.2) is 37.2 Å². The van der Waals surface area contributed by atoms with Crippen molar-refractivity contribution < 1.29 is 28.6 Å². The molecule has 0 saturated carbocycles. The maximum atomic E-state index is 12.7. The molecule has 0 N–H and O–H groups in total. The van der Waals surface area contributed by atoms with Gasteiger partial charge >= 0.3 is 17.9 Å². The van der Waals surface area contributed by atoms with Gasteiger partial charge in [0.1, 0.15) is 13.2 Å². The van der Waals surface area contributed by atoms with Gasteiger partial charge in [-0.2, -0.15) is 0 Å². The molecule has 0 bridgehead atoms. The van der Waals surface area contributed by atoms with E-state index in [9.17, 15) is 14.4 Å². The molecule has 0 aromatic carbocycles. The Kier molecular flexibility index (Phi) is 43.7. The molecule has 2 unspecified atom stereocenters. The molecule has 0 aromatic rings. The second-order valence-corrected chi connectivity index (χ2v) is 18.3. The summed E-state index contributed by atoms with van der Waals surface area (Å²) in [6, 6.07) is 0. The van der Waals surface area contributed by atoms with Gasteiger partial charge in [0.15, 0.2) is 6.10 Å². The maximum absolute atomic E-state index is 12.7. The molecule has 0 aliphatic rings. The zero-order chi connectivity index (χ0) is 42.6. The van der Waals surface area contributed by atoms with E-state index in [2.05, 4.69) is 34.6 Å². The SMILES string of the molecule is CCCCCCCCCCCCCCC(=O)O[C@@H](COC(=O)CCCCCCCCCCCCCCCCC(C)CC)COC(=O)CCCCCCCCC(C)CC. The molecule has 6 nitrogen and oxygen atoms in total. The van der Waals surface area contributed by atoms with Crippen LogP contribution in [0, 0.1) is 11.8 Å². The first-order valence-corrected chi connectivity index (χ1v) is 25.8. The minimum absolute atomic E-state index is 0.0643. The van der Waals surface area contributed by atoms with Crippen LogP contribution in [0.3, 0.4) is 0 Å². The molecular weight excluding hydrogens is 721 g/mol. The predicted octanol–water partition coefficient (Wildman–Crippen LogP) is 16.5. The third kappa shape index (κ3) is 42.5. The quantitative estimate of drug-likeness (QED) is 0.0346. The average molecular weight is 821 g/mol. The Hall–Kier alpha value is -1.59. The molecule has 3 atom stereocenters. The summed E-state index contributed by atoms with van der Waals surface area (Å²) < 4.78 is 16.8. The van der Waals surface area contributed by atoms with Crippen molar-refractivity contribution in [1.29, 1.82) is 0 Å². The Morgan fingerprint density at radius 2 is 0.603 bits per heavy atom. The van der Waals surface area contributed by atoms with Gasteiger partial charge < -0.3 is 14.2 Å². The van der Waals surface area contributed by atoms with E-state index in [1.807, 2.05) is 0 Å². The highest BCUT2D eigenvalue weighted by Crippen LogP contribution is 2.18. The van der Waals surface area contributed by atoms with Gasteiger partial charge in [0.05, 0.1) is 0 Å². The van der Waals surface area contributed by atoms with Crippen LogP contribution in [0.4, 0.5) is 0 Å². The summed E-state index contributed by atoms with van der Waals surface area (Å²) >= 11 is 0. The van der Waals surface area contributed by atoms with Gasteiger partial charge in [0.25, 0.3) is 0 Å². The van der Waals surface area contributed by atoms with Crippen LogP contribution in [-0.2, 0) is 28.6 Å². The number of hydrogen-bond acceptors (Lipinski definition) is 6. The van der Waals surface area contributed by atoms with E-state index in [1.54, 1.807) is 0 Å². The zero-order valence-corrected chi connectivity index (χ0v) is 39.7. The summed E-state index contributed by atoms with van der Waals surface area (Å²) in [4.78, 5) is 37.9. The lowest BCUT2D eigenvalue weighted by Gasteiger charge is -2.18. The molecule has 0 aromatic heterocycles. The second kappa shape index (κ2) is 44.9. The molecule has 0 radical (unpaired) electrons. The molecule has 0 spiro atoms. The van der Waals surface area contributed by atoms with E-state index in [0.717, 1.165) is 69.6 Å². The number of ether oxygens (including phenoxy) is 3. The van der Waals surface area contributed by atoms with Crippen molar-refractivity contribution >= 4 is 17.9 Å². The minimum Gasteiger partial charge on any atom is -0.462 e. The lowest BCUT2D eigenvalue weighted by Crippen LogP contribution is -2.30. The van der Waals surface area contributed by atoms with Crippen LogP contribution >= 0.6 is 0 Å². The molecule has 0 aliphatic carbocycles. The first-order valence-electron chi connectivity index (χ1n) is 25.8. The van der Waals surface area contributed by atoms with Crippen LogP contribution < -0.4 is 0 Å². The van der Waals surface area contributed by atoms with Crippen molar-refractivity contribution in [3.05, 3.63) is 0 Å². The van der Waals surface area contributed by atoms with Crippen LogP contribution in [0.25, 0.3) is 0 Å². The Labute approximate surface area is 361 Å². The summed E-state index contributed by atoms with van der Waals surface area (Å²) in [5.74, 6) is 0.858. The number of unbranched alkanes of at least 4 members (excludes halogenated alkanes) is 29. The van der Waals surface area contributed by atoms with Crippen LogP contribution in [0.5, 0.6) is 0 Å². The molecule has 0 aliphatic heterocycles. The predicted molar refractivity (Wildman–Crippen MR) is 247 cm³/mol. The molecule has 344 valence electrons. The van der Waals surface area contributed by atoms with Crippen LogP contribution in [0.2, 0.25) is 0 Å². The Morgan fingerprint density at radius 3 is 0.897 bits per heavy atom. The van der Waals surface area contributed by atoms with E-state index in [-0.39, 0.29) is 31.1 Å². The van der Waals surface area contributed by atoms with Crippen molar-refractivity contribution in [2.24, 2.45) is 11.8 Å². The summed E-state index contributed by atoms with van der Waals surface area (Å²) in [6.45, 7) is 11.4. The topological polar surface area (TPSA) is 78.9 Å². The Morgan fingerprint density at radius 1 is 0.345 bits per heavy atom. The molecule has 0 heterocycles. The van der Waals surface area contributed by atoms with E-state index >= 15 is 0 Å². The molecule has 0 rings (SSSR count). The molecule has 0 amide bonds. The van der Waals surface area contributed by atoms with Crippen LogP contribution in [0.1, 0.15) is 285 Å².